The first kappa shape index (κ1) is 19.6. The van der Waals surface area contributed by atoms with Crippen LogP contribution >= 0.6 is 0 Å². The molecule has 0 spiro atoms. The van der Waals surface area contributed by atoms with E-state index in [1.54, 1.807) is 18.3 Å². The summed E-state index contributed by atoms with van der Waals surface area (Å²) in [5.41, 5.74) is 3.00. The van der Waals surface area contributed by atoms with E-state index in [2.05, 4.69) is 20.0 Å². The summed E-state index contributed by atoms with van der Waals surface area (Å²) in [6.45, 7) is 3.02. The van der Waals surface area contributed by atoms with Gasteiger partial charge >= 0.3 is 6.61 Å². The summed E-state index contributed by atoms with van der Waals surface area (Å²) in [5.74, 6) is 0.906. The predicted molar refractivity (Wildman–Crippen MR) is 98.3 cm³/mol. The molecule has 7 heteroatoms. The molecule has 1 heterocycles. The van der Waals surface area contributed by atoms with Crippen molar-refractivity contribution in [3.63, 3.8) is 0 Å². The zero-order valence-electron chi connectivity index (χ0n) is 15.2. The van der Waals surface area contributed by atoms with Crippen LogP contribution in [0.4, 0.5) is 8.78 Å². The summed E-state index contributed by atoms with van der Waals surface area (Å²) >= 11 is 0. The van der Waals surface area contributed by atoms with Gasteiger partial charge < -0.3 is 15.0 Å². The smallest absolute Gasteiger partial charge is 0.387 e. The molecule has 2 aromatic rings. The van der Waals surface area contributed by atoms with Crippen molar-refractivity contribution in [1.29, 1.82) is 0 Å². The molecule has 140 valence electrons. The quantitative estimate of drug-likeness (QED) is 0.604. The molecule has 0 atom stereocenters. The van der Waals surface area contributed by atoms with E-state index in [1.165, 1.54) is 12.1 Å². The van der Waals surface area contributed by atoms with Crippen LogP contribution in [0, 0.1) is 6.92 Å². The zero-order chi connectivity index (χ0) is 18.9. The number of nitrogens with one attached hydrogen (secondary N) is 1. The number of aryl methyl sites for hydroxylation is 1. The lowest BCUT2D eigenvalue weighted by atomic mass is 10.2. The van der Waals surface area contributed by atoms with Gasteiger partial charge in [-0.25, -0.2) is 4.99 Å². The van der Waals surface area contributed by atoms with Gasteiger partial charge in [0, 0.05) is 26.3 Å². The highest BCUT2D eigenvalue weighted by Gasteiger charge is 2.09. The second-order valence-corrected chi connectivity index (χ2v) is 5.82. The van der Waals surface area contributed by atoms with Crippen molar-refractivity contribution < 1.29 is 13.5 Å². The van der Waals surface area contributed by atoms with Crippen LogP contribution in [0.3, 0.4) is 0 Å². The minimum atomic E-state index is -2.81. The summed E-state index contributed by atoms with van der Waals surface area (Å²) in [6.07, 6.45) is 1.76. The Labute approximate surface area is 152 Å². The summed E-state index contributed by atoms with van der Waals surface area (Å²) in [4.78, 5) is 11.0. The van der Waals surface area contributed by atoms with E-state index in [0.717, 1.165) is 29.3 Å². The van der Waals surface area contributed by atoms with E-state index in [0.29, 0.717) is 13.1 Å². The number of hydrogen-bond acceptors (Lipinski definition) is 3. The molecule has 0 aliphatic rings. The third kappa shape index (κ3) is 5.98. The maximum Gasteiger partial charge on any atom is 0.387 e. The van der Waals surface area contributed by atoms with Gasteiger partial charge in [0.1, 0.15) is 5.75 Å². The van der Waals surface area contributed by atoms with Gasteiger partial charge in [0.2, 0.25) is 0 Å². The van der Waals surface area contributed by atoms with Crippen molar-refractivity contribution in [3.8, 4) is 5.75 Å². The van der Waals surface area contributed by atoms with Crippen molar-refractivity contribution in [2.75, 3.05) is 13.6 Å². The number of rotatable bonds is 7. The summed E-state index contributed by atoms with van der Waals surface area (Å²) in [6, 6.07) is 10.5. The Hall–Kier alpha value is -2.70. The van der Waals surface area contributed by atoms with Crippen LogP contribution in [0.5, 0.6) is 5.75 Å². The molecule has 26 heavy (non-hydrogen) atoms. The van der Waals surface area contributed by atoms with Crippen molar-refractivity contribution in [3.05, 3.63) is 59.4 Å². The Morgan fingerprint density at radius 3 is 2.62 bits per heavy atom. The lowest BCUT2D eigenvalue weighted by molar-refractivity contribution is -0.0498. The molecule has 0 aliphatic carbocycles. The second kappa shape index (κ2) is 9.70. The number of aliphatic imine (C=N–C) groups is 1. The summed E-state index contributed by atoms with van der Waals surface area (Å²) in [7, 11) is 1.93. The molecular formula is C19H24F2N4O. The lowest BCUT2D eigenvalue weighted by Gasteiger charge is -2.22. The van der Waals surface area contributed by atoms with Crippen molar-refractivity contribution >= 4 is 5.96 Å². The fourth-order valence-corrected chi connectivity index (χ4v) is 2.43. The van der Waals surface area contributed by atoms with E-state index in [4.69, 9.17) is 0 Å². The predicted octanol–water partition coefficient (Wildman–Crippen LogP) is 3.59. The minimum absolute atomic E-state index is 0.151. The molecule has 1 aromatic carbocycles. The summed E-state index contributed by atoms with van der Waals surface area (Å²) in [5, 5.41) is 3.25. The number of aromatic nitrogens is 1. The first-order valence-electron chi connectivity index (χ1n) is 8.43. The highest BCUT2D eigenvalue weighted by Crippen LogP contribution is 2.16. The topological polar surface area (TPSA) is 49.8 Å². The SMILES string of the molecule is CCNC(=NCc1ncccc1C)N(C)Cc1ccc(OC(F)F)cc1. The van der Waals surface area contributed by atoms with E-state index in [-0.39, 0.29) is 5.75 Å². The maximum atomic E-state index is 12.2. The van der Waals surface area contributed by atoms with Crippen LogP contribution in [0.15, 0.2) is 47.6 Å². The van der Waals surface area contributed by atoms with E-state index >= 15 is 0 Å². The number of halogens is 2. The minimum Gasteiger partial charge on any atom is -0.435 e. The molecular weight excluding hydrogens is 338 g/mol. The first-order chi connectivity index (χ1) is 12.5. The molecule has 0 saturated carbocycles. The number of guanidine groups is 1. The van der Waals surface area contributed by atoms with Gasteiger partial charge in [-0.05, 0) is 43.2 Å². The molecule has 0 saturated heterocycles. The second-order valence-electron chi connectivity index (χ2n) is 5.82. The highest BCUT2D eigenvalue weighted by atomic mass is 19.3. The number of benzene rings is 1. The highest BCUT2D eigenvalue weighted by molar-refractivity contribution is 5.79. The van der Waals surface area contributed by atoms with Gasteiger partial charge in [0.15, 0.2) is 5.96 Å². The van der Waals surface area contributed by atoms with Gasteiger partial charge in [-0.15, -0.1) is 0 Å². The number of hydrogen-bond donors (Lipinski definition) is 1. The Kier molecular flexibility index (Phi) is 7.32. The van der Waals surface area contributed by atoms with Crippen LogP contribution in [0.1, 0.15) is 23.7 Å². The number of alkyl halides is 2. The zero-order valence-corrected chi connectivity index (χ0v) is 15.2. The third-order valence-electron chi connectivity index (χ3n) is 3.76. The monoisotopic (exact) mass is 362 g/mol. The van der Waals surface area contributed by atoms with Gasteiger partial charge in [0.25, 0.3) is 0 Å². The molecule has 2 rings (SSSR count). The number of pyridine rings is 1. The maximum absolute atomic E-state index is 12.2. The molecule has 0 aliphatic heterocycles. The summed E-state index contributed by atoms with van der Waals surface area (Å²) < 4.78 is 28.8. The van der Waals surface area contributed by atoms with Crippen LogP contribution in [-0.2, 0) is 13.1 Å². The molecule has 1 N–H and O–H groups in total. The average molecular weight is 362 g/mol. The van der Waals surface area contributed by atoms with Gasteiger partial charge in [-0.3, -0.25) is 4.98 Å². The van der Waals surface area contributed by atoms with Crippen LogP contribution in [0.2, 0.25) is 0 Å². The largest absolute Gasteiger partial charge is 0.435 e. The van der Waals surface area contributed by atoms with E-state index in [1.807, 2.05) is 37.9 Å². The molecule has 0 radical (unpaired) electrons. The van der Waals surface area contributed by atoms with Crippen LogP contribution < -0.4 is 10.1 Å². The molecule has 1 aromatic heterocycles. The van der Waals surface area contributed by atoms with E-state index < -0.39 is 6.61 Å². The van der Waals surface area contributed by atoms with E-state index in [9.17, 15) is 8.78 Å². The van der Waals surface area contributed by atoms with Crippen molar-refractivity contribution in [1.82, 2.24) is 15.2 Å². The Bertz CT molecular complexity index is 720. The fourth-order valence-electron chi connectivity index (χ4n) is 2.43. The Morgan fingerprint density at radius 1 is 1.27 bits per heavy atom. The van der Waals surface area contributed by atoms with Gasteiger partial charge in [0.05, 0.1) is 12.2 Å². The van der Waals surface area contributed by atoms with Crippen molar-refractivity contribution in [2.24, 2.45) is 4.99 Å². The van der Waals surface area contributed by atoms with Gasteiger partial charge in [-0.1, -0.05) is 18.2 Å². The molecule has 0 bridgehead atoms. The molecule has 5 nitrogen and oxygen atoms in total. The number of nitrogens with zero attached hydrogens (tertiary/aromatic N) is 3. The Balaban J connectivity index is 2.04. The average Bonchev–Trinajstić information content (AvgIpc) is 2.61. The molecule has 0 amide bonds. The number of ether oxygens (including phenoxy) is 1. The third-order valence-corrected chi connectivity index (χ3v) is 3.76. The van der Waals surface area contributed by atoms with Gasteiger partial charge in [-0.2, -0.15) is 8.78 Å². The molecule has 0 unspecified atom stereocenters. The van der Waals surface area contributed by atoms with Crippen molar-refractivity contribution in [2.45, 2.75) is 33.5 Å². The van der Waals surface area contributed by atoms with Crippen LogP contribution in [0.25, 0.3) is 0 Å². The lowest BCUT2D eigenvalue weighted by Crippen LogP contribution is -2.38. The normalized spacial score (nSPS) is 11.5. The standard InChI is InChI=1S/C19H24F2N4O/c1-4-22-19(24-12-17-14(2)6-5-11-23-17)25(3)13-15-7-9-16(10-8-15)26-18(20)21/h5-11,18H,4,12-13H2,1-3H3,(H,22,24). The Morgan fingerprint density at radius 2 is 2.00 bits per heavy atom. The fraction of sp³-hybridized carbons (Fsp3) is 0.368. The first-order valence-corrected chi connectivity index (χ1v) is 8.43. The molecule has 0 fully saturated rings. The van der Waals surface area contributed by atoms with Crippen LogP contribution in [-0.4, -0.2) is 36.0 Å².